The summed E-state index contributed by atoms with van der Waals surface area (Å²) >= 11 is 6.13. The molecule has 0 unspecified atom stereocenters. The lowest BCUT2D eigenvalue weighted by Gasteiger charge is -2.43. The topological polar surface area (TPSA) is 49.8 Å². The van der Waals surface area contributed by atoms with Crippen LogP contribution in [0.2, 0.25) is 5.02 Å². The van der Waals surface area contributed by atoms with E-state index in [9.17, 15) is 18.7 Å². The number of hydrogen-bond donors (Lipinski definition) is 1. The molecule has 1 fully saturated rings. The van der Waals surface area contributed by atoms with Gasteiger partial charge < -0.3 is 14.7 Å². The summed E-state index contributed by atoms with van der Waals surface area (Å²) in [5.74, 6) is -3.09. The van der Waals surface area contributed by atoms with Crippen molar-refractivity contribution in [3.8, 4) is 0 Å². The molecule has 0 spiro atoms. The Balaban J connectivity index is 2.24. The van der Waals surface area contributed by atoms with Crippen molar-refractivity contribution < 1.29 is 23.4 Å². The molecule has 0 bridgehead atoms. The average molecular weight is 432 g/mol. The Hall–Kier alpha value is -1.40. The van der Waals surface area contributed by atoms with Crippen LogP contribution in [0.4, 0.5) is 13.6 Å². The number of ether oxygens (including phenoxy) is 1. The summed E-state index contributed by atoms with van der Waals surface area (Å²) < 4.78 is 32.2. The third-order valence-corrected chi connectivity index (χ3v) is 5.48. The molecule has 2 rings (SSSR count). The summed E-state index contributed by atoms with van der Waals surface area (Å²) in [6.45, 7) is 7.15. The standard InChI is InChI=1S/C22H32ClF2NO3/c1-20(2,3)29-19(27)26-13-6-9-17(15-26)22(28,12-7-11-21(4,24)25)16-8-5-10-18(23)14-16/h5,8,10,14,17,28H,6-7,9,11-13,15H2,1-4H3/t17-,22-/m1/s1. The van der Waals surface area contributed by atoms with Crippen molar-refractivity contribution in [3.63, 3.8) is 0 Å². The van der Waals surface area contributed by atoms with E-state index in [1.54, 1.807) is 49.9 Å². The second-order valence-electron chi connectivity index (χ2n) is 9.12. The molecule has 4 nitrogen and oxygen atoms in total. The highest BCUT2D eigenvalue weighted by atomic mass is 35.5. The molecule has 0 aliphatic carbocycles. The van der Waals surface area contributed by atoms with Crippen LogP contribution in [0.1, 0.15) is 65.4 Å². The van der Waals surface area contributed by atoms with E-state index < -0.39 is 23.2 Å². The molecule has 164 valence electrons. The van der Waals surface area contributed by atoms with Gasteiger partial charge in [0.2, 0.25) is 5.92 Å². The summed E-state index contributed by atoms with van der Waals surface area (Å²) in [5, 5.41) is 12.2. The maximum absolute atomic E-state index is 13.4. The molecule has 0 saturated carbocycles. The molecule has 1 aromatic rings. The van der Waals surface area contributed by atoms with Crippen molar-refractivity contribution >= 4 is 17.7 Å². The van der Waals surface area contributed by atoms with Crippen LogP contribution in [-0.4, -0.2) is 40.7 Å². The minimum Gasteiger partial charge on any atom is -0.444 e. The highest BCUT2D eigenvalue weighted by Gasteiger charge is 2.42. The van der Waals surface area contributed by atoms with E-state index in [-0.39, 0.29) is 25.2 Å². The normalized spacial score (nSPS) is 20.3. The summed E-state index contributed by atoms with van der Waals surface area (Å²) in [5.41, 5.74) is -1.36. The number of amides is 1. The minimum absolute atomic E-state index is 0.162. The van der Waals surface area contributed by atoms with E-state index in [2.05, 4.69) is 0 Å². The van der Waals surface area contributed by atoms with Crippen LogP contribution < -0.4 is 0 Å². The SMILES string of the molecule is CC(F)(F)CCC[C@@](O)(c1cccc(Cl)c1)[C@@H]1CCCN(C(=O)OC(C)(C)C)C1. The molecule has 7 heteroatoms. The number of rotatable bonds is 6. The van der Waals surface area contributed by atoms with E-state index in [1.165, 1.54) is 0 Å². The first kappa shape index (κ1) is 23.9. The second kappa shape index (κ2) is 9.17. The van der Waals surface area contributed by atoms with Crippen molar-refractivity contribution in [1.82, 2.24) is 4.90 Å². The zero-order valence-electron chi connectivity index (χ0n) is 17.7. The number of piperidine rings is 1. The van der Waals surface area contributed by atoms with Crippen molar-refractivity contribution in [3.05, 3.63) is 34.9 Å². The van der Waals surface area contributed by atoms with Gasteiger partial charge in [-0.3, -0.25) is 0 Å². The largest absolute Gasteiger partial charge is 0.444 e. The van der Waals surface area contributed by atoms with Crippen molar-refractivity contribution in [2.24, 2.45) is 5.92 Å². The number of nitrogens with zero attached hydrogens (tertiary/aromatic N) is 1. The summed E-state index contributed by atoms with van der Waals surface area (Å²) in [4.78, 5) is 14.1. The van der Waals surface area contributed by atoms with E-state index in [0.29, 0.717) is 36.5 Å². The van der Waals surface area contributed by atoms with E-state index in [4.69, 9.17) is 16.3 Å². The first-order valence-electron chi connectivity index (χ1n) is 10.1. The summed E-state index contributed by atoms with van der Waals surface area (Å²) in [6, 6.07) is 6.89. The van der Waals surface area contributed by atoms with E-state index in [0.717, 1.165) is 6.92 Å². The van der Waals surface area contributed by atoms with Gasteiger partial charge in [-0.1, -0.05) is 23.7 Å². The van der Waals surface area contributed by atoms with Crippen molar-refractivity contribution in [1.29, 1.82) is 0 Å². The maximum Gasteiger partial charge on any atom is 0.410 e. The van der Waals surface area contributed by atoms with Crippen molar-refractivity contribution in [2.45, 2.75) is 76.9 Å². The lowest BCUT2D eigenvalue weighted by Crippen LogP contribution is -2.49. The van der Waals surface area contributed by atoms with E-state index in [1.807, 2.05) is 0 Å². The van der Waals surface area contributed by atoms with Crippen LogP contribution in [0.3, 0.4) is 0 Å². The van der Waals surface area contributed by atoms with Gasteiger partial charge in [0, 0.05) is 30.5 Å². The number of carbonyl (C=O) groups excluding carboxylic acids is 1. The number of hydrogen-bond acceptors (Lipinski definition) is 3. The van der Waals surface area contributed by atoms with Crippen LogP contribution in [0.25, 0.3) is 0 Å². The van der Waals surface area contributed by atoms with Crippen LogP contribution >= 0.6 is 11.6 Å². The predicted molar refractivity (Wildman–Crippen MR) is 110 cm³/mol. The van der Waals surface area contributed by atoms with Gasteiger partial charge in [-0.25, -0.2) is 13.6 Å². The van der Waals surface area contributed by atoms with Gasteiger partial charge in [0.05, 0.1) is 5.60 Å². The number of carbonyl (C=O) groups is 1. The number of halogens is 3. The molecular weight excluding hydrogens is 400 g/mol. The molecule has 2 atom stereocenters. The van der Waals surface area contributed by atoms with Gasteiger partial charge >= 0.3 is 6.09 Å². The monoisotopic (exact) mass is 431 g/mol. The molecule has 1 aromatic carbocycles. The fourth-order valence-electron chi connectivity index (χ4n) is 3.87. The van der Waals surface area contributed by atoms with Gasteiger partial charge in [0.25, 0.3) is 0 Å². The van der Waals surface area contributed by atoms with Crippen molar-refractivity contribution in [2.75, 3.05) is 13.1 Å². The quantitative estimate of drug-likeness (QED) is 0.600. The van der Waals surface area contributed by atoms with Crippen LogP contribution in [-0.2, 0) is 10.3 Å². The Kier molecular flexibility index (Phi) is 7.55. The van der Waals surface area contributed by atoms with Crippen LogP contribution in [0, 0.1) is 5.92 Å². The minimum atomic E-state index is -2.79. The lowest BCUT2D eigenvalue weighted by molar-refractivity contribution is -0.0691. The Bertz CT molecular complexity index is 702. The van der Waals surface area contributed by atoms with Gasteiger partial charge in [0.1, 0.15) is 5.60 Å². The van der Waals surface area contributed by atoms with Gasteiger partial charge in [-0.15, -0.1) is 0 Å². The third-order valence-electron chi connectivity index (χ3n) is 5.25. The average Bonchev–Trinajstić information content (AvgIpc) is 2.59. The number of benzene rings is 1. The van der Waals surface area contributed by atoms with Crippen LogP contribution in [0.15, 0.2) is 24.3 Å². The molecule has 29 heavy (non-hydrogen) atoms. The fourth-order valence-corrected chi connectivity index (χ4v) is 4.06. The highest BCUT2D eigenvalue weighted by Crippen LogP contribution is 2.41. The molecule has 1 saturated heterocycles. The predicted octanol–water partition coefficient (Wildman–Crippen LogP) is 6.00. The third kappa shape index (κ3) is 7.10. The van der Waals surface area contributed by atoms with Gasteiger partial charge in [-0.05, 0) is 71.1 Å². The zero-order valence-corrected chi connectivity index (χ0v) is 18.4. The molecular formula is C22H32ClF2NO3. The Labute approximate surface area is 177 Å². The highest BCUT2D eigenvalue weighted by molar-refractivity contribution is 6.30. The first-order chi connectivity index (χ1) is 13.3. The summed E-state index contributed by atoms with van der Waals surface area (Å²) in [7, 11) is 0. The molecule has 1 aliphatic heterocycles. The number of likely N-dealkylation sites (tertiary alicyclic amines) is 1. The molecule has 1 aliphatic rings. The lowest BCUT2D eigenvalue weighted by atomic mass is 9.74. The second-order valence-corrected chi connectivity index (χ2v) is 9.56. The number of alkyl halides is 2. The summed E-state index contributed by atoms with van der Waals surface area (Å²) in [6.07, 6.45) is 0.995. The smallest absolute Gasteiger partial charge is 0.410 e. The molecule has 1 N–H and O–H groups in total. The fraction of sp³-hybridized carbons (Fsp3) is 0.682. The first-order valence-corrected chi connectivity index (χ1v) is 10.5. The molecule has 1 amide bonds. The van der Waals surface area contributed by atoms with Crippen LogP contribution in [0.5, 0.6) is 0 Å². The van der Waals surface area contributed by atoms with Gasteiger partial charge in [0.15, 0.2) is 0 Å². The van der Waals surface area contributed by atoms with Gasteiger partial charge in [-0.2, -0.15) is 0 Å². The Morgan fingerprint density at radius 3 is 2.55 bits per heavy atom. The zero-order chi connectivity index (χ0) is 21.9. The molecule has 0 aromatic heterocycles. The maximum atomic E-state index is 13.4. The molecule has 1 heterocycles. The van der Waals surface area contributed by atoms with E-state index >= 15 is 0 Å². The Morgan fingerprint density at radius 1 is 1.28 bits per heavy atom. The number of aliphatic hydroxyl groups is 1. The molecule has 0 radical (unpaired) electrons. The Morgan fingerprint density at radius 2 is 1.97 bits per heavy atom.